The Morgan fingerprint density at radius 1 is 1.03 bits per heavy atom. The highest BCUT2D eigenvalue weighted by Gasteiger charge is 2.43. The predicted molar refractivity (Wildman–Crippen MR) is 97.7 cm³/mol. The van der Waals surface area contributed by atoms with Gasteiger partial charge in [0.15, 0.2) is 11.6 Å². The fourth-order valence-electron chi connectivity index (χ4n) is 3.08. The number of amides is 1. The lowest BCUT2D eigenvalue weighted by Gasteiger charge is -2.20. The van der Waals surface area contributed by atoms with Gasteiger partial charge in [0.25, 0.3) is 11.7 Å². The lowest BCUT2D eigenvalue weighted by Crippen LogP contribution is -2.38. The molecule has 0 spiro atoms. The summed E-state index contributed by atoms with van der Waals surface area (Å²) in [6.45, 7) is 0. The van der Waals surface area contributed by atoms with Gasteiger partial charge in [-0.3, -0.25) is 14.8 Å². The lowest BCUT2D eigenvalue weighted by molar-refractivity contribution is -0.498. The molecular formula is C20H15F3N5O+. The van der Waals surface area contributed by atoms with Crippen LogP contribution >= 0.6 is 0 Å². The van der Waals surface area contributed by atoms with Gasteiger partial charge in [0, 0.05) is 30.4 Å². The van der Waals surface area contributed by atoms with Crippen molar-refractivity contribution in [2.45, 2.75) is 12.2 Å². The molecule has 1 atom stereocenters. The number of H-pyrrole nitrogens is 1. The van der Waals surface area contributed by atoms with Crippen LogP contribution in [0, 0.1) is 0 Å². The van der Waals surface area contributed by atoms with Crippen LogP contribution in [0.1, 0.15) is 22.1 Å². The first-order valence-electron chi connectivity index (χ1n) is 8.65. The van der Waals surface area contributed by atoms with E-state index in [1.54, 1.807) is 53.3 Å². The number of aromatic nitrogens is 4. The minimum atomic E-state index is -4.68. The van der Waals surface area contributed by atoms with E-state index >= 15 is 0 Å². The second kappa shape index (κ2) is 7.34. The van der Waals surface area contributed by atoms with E-state index in [4.69, 9.17) is 0 Å². The van der Waals surface area contributed by atoms with Crippen molar-refractivity contribution in [2.75, 3.05) is 0 Å². The smallest absolute Gasteiger partial charge is 0.333 e. The van der Waals surface area contributed by atoms with Crippen molar-refractivity contribution in [3.05, 3.63) is 84.7 Å². The molecule has 0 radical (unpaired) electrons. The number of halogens is 3. The first-order chi connectivity index (χ1) is 13.9. The fourth-order valence-corrected chi connectivity index (χ4v) is 3.08. The molecule has 29 heavy (non-hydrogen) atoms. The molecule has 0 aromatic carbocycles. The molecule has 0 aliphatic rings. The zero-order chi connectivity index (χ0) is 20.4. The number of fused-ring (bicyclic) bond motifs is 1. The van der Waals surface area contributed by atoms with Crippen LogP contribution in [0.15, 0.2) is 73.4 Å². The average molecular weight is 398 g/mol. The van der Waals surface area contributed by atoms with Crippen LogP contribution in [-0.4, -0.2) is 27.0 Å². The van der Waals surface area contributed by atoms with Crippen LogP contribution in [0.4, 0.5) is 13.2 Å². The average Bonchev–Trinajstić information content (AvgIpc) is 3.12. The zero-order valence-electron chi connectivity index (χ0n) is 14.9. The highest BCUT2D eigenvalue weighted by Crippen LogP contribution is 2.32. The van der Waals surface area contributed by atoms with E-state index in [1.165, 1.54) is 18.3 Å². The molecule has 2 N–H and O–H groups in total. The molecule has 0 saturated carbocycles. The number of pyridine rings is 3. The second-order valence-electron chi connectivity index (χ2n) is 6.28. The minimum absolute atomic E-state index is 0.0163. The van der Waals surface area contributed by atoms with Crippen molar-refractivity contribution in [3.63, 3.8) is 0 Å². The van der Waals surface area contributed by atoms with Gasteiger partial charge in [-0.15, -0.1) is 0 Å². The molecule has 0 bridgehead atoms. The van der Waals surface area contributed by atoms with Crippen LogP contribution < -0.4 is 9.72 Å². The summed E-state index contributed by atoms with van der Waals surface area (Å²) < 4.78 is 42.5. The molecule has 4 heterocycles. The summed E-state index contributed by atoms with van der Waals surface area (Å²) in [6.07, 6.45) is 2.69. The maximum absolute atomic E-state index is 13.6. The topological polar surface area (TPSA) is 74.8 Å². The van der Waals surface area contributed by atoms with Gasteiger partial charge in [-0.2, -0.15) is 17.6 Å². The SMILES string of the molecule is O=C(NC(c1cccnc1)C(F)(F)F)c1[nH]c(-c2cccnc2)[n+]2ccccc12. The number of rotatable bonds is 4. The van der Waals surface area contributed by atoms with Crippen molar-refractivity contribution in [2.24, 2.45) is 0 Å². The summed E-state index contributed by atoms with van der Waals surface area (Å²) in [5, 5.41) is 2.08. The standard InChI is InChI=1S/C20H14F3N5O/c21-20(22,23)17(13-5-3-8-24-11-13)27-19(29)16-15-7-1-2-10-28(15)18(26-16)14-6-4-9-25-12-14/h1-12,17H,(H,27,29)/p+1. The van der Waals surface area contributed by atoms with Crippen LogP contribution in [0.25, 0.3) is 16.9 Å². The molecular weight excluding hydrogens is 383 g/mol. The molecule has 4 aromatic rings. The third-order valence-corrected chi connectivity index (χ3v) is 4.38. The normalized spacial score (nSPS) is 12.7. The molecule has 9 heteroatoms. The number of alkyl halides is 3. The quantitative estimate of drug-likeness (QED) is 0.519. The Bertz CT molecular complexity index is 1140. The van der Waals surface area contributed by atoms with Gasteiger partial charge in [-0.1, -0.05) is 12.1 Å². The number of nitrogens with one attached hydrogen (secondary N) is 2. The first-order valence-corrected chi connectivity index (χ1v) is 8.65. The van der Waals surface area contributed by atoms with Crippen molar-refractivity contribution in [3.8, 4) is 11.4 Å². The Labute approximate surface area is 163 Å². The van der Waals surface area contributed by atoms with E-state index in [1.807, 2.05) is 0 Å². The van der Waals surface area contributed by atoms with Crippen molar-refractivity contribution >= 4 is 11.4 Å². The van der Waals surface area contributed by atoms with E-state index in [9.17, 15) is 18.0 Å². The Hall–Kier alpha value is -3.75. The van der Waals surface area contributed by atoms with Crippen molar-refractivity contribution in [1.29, 1.82) is 0 Å². The summed E-state index contributed by atoms with van der Waals surface area (Å²) in [6, 6.07) is 9.11. The molecule has 0 fully saturated rings. The second-order valence-corrected chi connectivity index (χ2v) is 6.28. The van der Waals surface area contributed by atoms with E-state index in [0.717, 1.165) is 6.20 Å². The fraction of sp³-hybridized carbons (Fsp3) is 0.100. The number of carbonyl (C=O) groups excluding carboxylic acids is 1. The summed E-state index contributed by atoms with van der Waals surface area (Å²) in [7, 11) is 0. The molecule has 146 valence electrons. The Kier molecular flexibility index (Phi) is 4.71. The van der Waals surface area contributed by atoms with Gasteiger partial charge in [0.1, 0.15) is 0 Å². The van der Waals surface area contributed by atoms with Crippen LogP contribution in [0.5, 0.6) is 0 Å². The van der Waals surface area contributed by atoms with Crippen LogP contribution in [-0.2, 0) is 0 Å². The van der Waals surface area contributed by atoms with Gasteiger partial charge >= 0.3 is 6.18 Å². The van der Waals surface area contributed by atoms with E-state index in [-0.39, 0.29) is 11.3 Å². The Morgan fingerprint density at radius 2 is 1.79 bits per heavy atom. The maximum Gasteiger partial charge on any atom is 0.412 e. The summed E-state index contributed by atoms with van der Waals surface area (Å²) in [5.74, 6) is -0.348. The summed E-state index contributed by atoms with van der Waals surface area (Å²) in [4.78, 5) is 23.6. The third-order valence-electron chi connectivity index (χ3n) is 4.38. The number of imidazole rings is 1. The minimum Gasteiger partial charge on any atom is -0.333 e. The molecule has 1 amide bonds. The maximum atomic E-state index is 13.6. The van der Waals surface area contributed by atoms with Crippen LogP contribution in [0.2, 0.25) is 0 Å². The molecule has 6 nitrogen and oxygen atoms in total. The third kappa shape index (κ3) is 3.66. The Morgan fingerprint density at radius 3 is 2.45 bits per heavy atom. The first kappa shape index (κ1) is 18.6. The molecule has 1 unspecified atom stereocenters. The molecule has 0 saturated heterocycles. The van der Waals surface area contributed by atoms with E-state index in [2.05, 4.69) is 20.3 Å². The van der Waals surface area contributed by atoms with Gasteiger partial charge in [0.2, 0.25) is 5.69 Å². The van der Waals surface area contributed by atoms with Gasteiger partial charge in [-0.25, -0.2) is 4.98 Å². The predicted octanol–water partition coefficient (Wildman–Crippen LogP) is 3.24. The highest BCUT2D eigenvalue weighted by molar-refractivity contribution is 5.98. The van der Waals surface area contributed by atoms with Gasteiger partial charge in [-0.05, 0) is 30.3 Å². The van der Waals surface area contributed by atoms with Crippen LogP contribution in [0.3, 0.4) is 0 Å². The molecule has 0 aliphatic heterocycles. The summed E-state index contributed by atoms with van der Waals surface area (Å²) in [5.41, 5.74) is 0.996. The van der Waals surface area contributed by atoms with Gasteiger partial charge < -0.3 is 5.32 Å². The number of hydrogen-bond acceptors (Lipinski definition) is 3. The van der Waals surface area contributed by atoms with Crippen molar-refractivity contribution < 1.29 is 22.4 Å². The number of carbonyl (C=O) groups is 1. The van der Waals surface area contributed by atoms with E-state index < -0.39 is 18.1 Å². The molecule has 4 aromatic heterocycles. The highest BCUT2D eigenvalue weighted by atomic mass is 19.4. The molecule has 4 rings (SSSR count). The monoisotopic (exact) mass is 398 g/mol. The number of hydrogen-bond donors (Lipinski definition) is 2. The number of nitrogens with zero attached hydrogens (tertiary/aromatic N) is 3. The zero-order valence-corrected chi connectivity index (χ0v) is 14.9. The molecule has 0 aliphatic carbocycles. The summed E-state index contributed by atoms with van der Waals surface area (Å²) >= 11 is 0. The van der Waals surface area contributed by atoms with E-state index in [0.29, 0.717) is 16.9 Å². The lowest BCUT2D eigenvalue weighted by atomic mass is 10.1. The van der Waals surface area contributed by atoms with Crippen molar-refractivity contribution in [1.82, 2.24) is 20.3 Å². The Balaban J connectivity index is 1.76. The number of aromatic amines is 1. The largest absolute Gasteiger partial charge is 0.412 e. The van der Waals surface area contributed by atoms with Gasteiger partial charge in [0.05, 0.1) is 11.8 Å².